The normalized spacial score (nSPS) is 21.6. The van der Waals surface area contributed by atoms with E-state index in [9.17, 15) is 0 Å². The van der Waals surface area contributed by atoms with E-state index < -0.39 is 0 Å². The van der Waals surface area contributed by atoms with Gasteiger partial charge in [-0.3, -0.25) is 9.88 Å². The van der Waals surface area contributed by atoms with Crippen LogP contribution in [0.5, 0.6) is 5.75 Å². The Labute approximate surface area is 213 Å². The van der Waals surface area contributed by atoms with Gasteiger partial charge in [-0.2, -0.15) is 0 Å². The number of likely N-dealkylation sites (tertiary alicyclic amines) is 1. The standard InChI is InChI=1S/C31H46N2O2/c1-7-24-10-9-11-25(8-2)30(24)28-18-29(35-26-13-16-34-17-14-26)27(23(4)32-28)20-33-15-12-22(3)19-31(5,6)21-33/h9-11,18,22,26H,7-8,12-17,19-21H2,1-6H3. The third-order valence-corrected chi connectivity index (χ3v) is 7.88. The molecule has 2 aliphatic heterocycles. The van der Waals surface area contributed by atoms with Gasteiger partial charge in [0.05, 0.1) is 18.9 Å². The lowest BCUT2D eigenvalue weighted by Gasteiger charge is -2.31. The third kappa shape index (κ3) is 6.46. The number of benzene rings is 1. The van der Waals surface area contributed by atoms with E-state index in [1.165, 1.54) is 35.1 Å². The second kappa shape index (κ2) is 11.4. The molecule has 192 valence electrons. The van der Waals surface area contributed by atoms with Crippen molar-refractivity contribution in [2.75, 3.05) is 26.3 Å². The number of aromatic nitrogens is 1. The number of ether oxygens (including phenoxy) is 2. The minimum absolute atomic E-state index is 0.213. The van der Waals surface area contributed by atoms with Crippen molar-refractivity contribution in [3.63, 3.8) is 0 Å². The number of pyridine rings is 1. The smallest absolute Gasteiger partial charge is 0.128 e. The van der Waals surface area contributed by atoms with Crippen LogP contribution in [0.15, 0.2) is 24.3 Å². The average molecular weight is 479 g/mol. The fourth-order valence-electron chi connectivity index (χ4n) is 6.20. The summed E-state index contributed by atoms with van der Waals surface area (Å²) in [6.07, 6.45) is 6.68. The van der Waals surface area contributed by atoms with E-state index in [1.54, 1.807) is 0 Å². The molecule has 0 radical (unpaired) electrons. The van der Waals surface area contributed by atoms with Crippen molar-refractivity contribution in [1.82, 2.24) is 9.88 Å². The van der Waals surface area contributed by atoms with Gasteiger partial charge in [0.1, 0.15) is 11.9 Å². The fourth-order valence-corrected chi connectivity index (χ4v) is 6.20. The molecule has 0 amide bonds. The first kappa shape index (κ1) is 26.2. The number of rotatable bonds is 7. The van der Waals surface area contributed by atoms with E-state index in [0.29, 0.717) is 5.41 Å². The minimum Gasteiger partial charge on any atom is -0.490 e. The van der Waals surface area contributed by atoms with Crippen LogP contribution >= 0.6 is 0 Å². The summed E-state index contributed by atoms with van der Waals surface area (Å²) in [7, 11) is 0. The summed E-state index contributed by atoms with van der Waals surface area (Å²) in [5.41, 5.74) is 7.79. The van der Waals surface area contributed by atoms with Crippen molar-refractivity contribution in [1.29, 1.82) is 0 Å². The Bertz CT molecular complexity index is 971. The van der Waals surface area contributed by atoms with Gasteiger partial charge in [-0.05, 0) is 61.6 Å². The first-order valence-electron chi connectivity index (χ1n) is 13.9. The lowest BCUT2D eigenvalue weighted by atomic mass is 9.83. The van der Waals surface area contributed by atoms with Gasteiger partial charge in [0.2, 0.25) is 0 Å². The summed E-state index contributed by atoms with van der Waals surface area (Å²) in [6.45, 7) is 18.6. The molecule has 0 aliphatic carbocycles. The summed E-state index contributed by atoms with van der Waals surface area (Å²) in [5, 5.41) is 0. The molecule has 4 heteroatoms. The molecule has 35 heavy (non-hydrogen) atoms. The van der Waals surface area contributed by atoms with E-state index in [0.717, 1.165) is 81.6 Å². The summed E-state index contributed by atoms with van der Waals surface area (Å²) >= 11 is 0. The van der Waals surface area contributed by atoms with Gasteiger partial charge in [-0.1, -0.05) is 52.8 Å². The highest BCUT2D eigenvalue weighted by molar-refractivity contribution is 5.70. The van der Waals surface area contributed by atoms with E-state index in [1.807, 2.05) is 0 Å². The zero-order valence-electron chi connectivity index (χ0n) is 23.0. The summed E-state index contributed by atoms with van der Waals surface area (Å²) in [5.74, 6) is 1.80. The second-order valence-electron chi connectivity index (χ2n) is 11.6. The Morgan fingerprint density at radius 2 is 1.77 bits per heavy atom. The molecular weight excluding hydrogens is 432 g/mol. The average Bonchev–Trinajstić information content (AvgIpc) is 2.97. The molecule has 4 nitrogen and oxygen atoms in total. The van der Waals surface area contributed by atoms with Crippen LogP contribution in [0.3, 0.4) is 0 Å². The molecule has 4 rings (SSSR count). The molecule has 1 unspecified atom stereocenters. The van der Waals surface area contributed by atoms with Gasteiger partial charge in [0.25, 0.3) is 0 Å². The van der Waals surface area contributed by atoms with Crippen LogP contribution in [0.2, 0.25) is 0 Å². The Morgan fingerprint density at radius 1 is 1.09 bits per heavy atom. The first-order valence-corrected chi connectivity index (χ1v) is 13.9. The van der Waals surface area contributed by atoms with Crippen molar-refractivity contribution in [3.8, 4) is 17.0 Å². The van der Waals surface area contributed by atoms with E-state index >= 15 is 0 Å². The van der Waals surface area contributed by atoms with Crippen LogP contribution in [-0.2, 0) is 24.1 Å². The SMILES string of the molecule is CCc1cccc(CC)c1-c1cc(OC2CCOCC2)c(CN2CCC(C)CC(C)(C)C2)c(C)n1. The number of nitrogens with zero attached hydrogens (tertiary/aromatic N) is 2. The second-order valence-corrected chi connectivity index (χ2v) is 11.6. The van der Waals surface area contributed by atoms with E-state index in [-0.39, 0.29) is 6.10 Å². The summed E-state index contributed by atoms with van der Waals surface area (Å²) < 4.78 is 12.4. The highest BCUT2D eigenvalue weighted by Gasteiger charge is 2.29. The van der Waals surface area contributed by atoms with Crippen LogP contribution < -0.4 is 4.74 Å². The highest BCUT2D eigenvalue weighted by Crippen LogP contribution is 2.37. The largest absolute Gasteiger partial charge is 0.490 e. The van der Waals surface area contributed by atoms with E-state index in [2.05, 4.69) is 70.7 Å². The molecular formula is C31H46N2O2. The molecule has 0 spiro atoms. The van der Waals surface area contributed by atoms with Crippen molar-refractivity contribution in [2.45, 2.75) is 92.7 Å². The topological polar surface area (TPSA) is 34.6 Å². The Hall–Kier alpha value is -1.91. The van der Waals surface area contributed by atoms with Crippen LogP contribution in [0.4, 0.5) is 0 Å². The maximum Gasteiger partial charge on any atom is 0.128 e. The zero-order chi connectivity index (χ0) is 25.0. The molecule has 1 aromatic heterocycles. The van der Waals surface area contributed by atoms with Gasteiger partial charge in [-0.15, -0.1) is 0 Å². The predicted molar refractivity (Wildman–Crippen MR) is 145 cm³/mol. The molecule has 1 atom stereocenters. The highest BCUT2D eigenvalue weighted by atomic mass is 16.5. The quantitative estimate of drug-likeness (QED) is 0.429. The van der Waals surface area contributed by atoms with Gasteiger partial charge >= 0.3 is 0 Å². The summed E-state index contributed by atoms with van der Waals surface area (Å²) in [6, 6.07) is 8.93. The number of hydrogen-bond acceptors (Lipinski definition) is 4. The Kier molecular flexibility index (Phi) is 8.54. The molecule has 0 bridgehead atoms. The van der Waals surface area contributed by atoms with Gasteiger partial charge in [0.15, 0.2) is 0 Å². The third-order valence-electron chi connectivity index (χ3n) is 7.88. The Balaban J connectivity index is 1.74. The molecule has 2 saturated heterocycles. The molecule has 3 heterocycles. The van der Waals surface area contributed by atoms with Gasteiger partial charge < -0.3 is 9.47 Å². The van der Waals surface area contributed by atoms with Crippen molar-refractivity contribution in [3.05, 3.63) is 46.6 Å². The van der Waals surface area contributed by atoms with Gasteiger partial charge in [0, 0.05) is 48.8 Å². The van der Waals surface area contributed by atoms with Crippen LogP contribution in [0.1, 0.15) is 82.7 Å². The van der Waals surface area contributed by atoms with Gasteiger partial charge in [-0.25, -0.2) is 0 Å². The molecule has 2 aromatic rings. The predicted octanol–water partition coefficient (Wildman–Crippen LogP) is 7.00. The number of hydrogen-bond donors (Lipinski definition) is 0. The van der Waals surface area contributed by atoms with Crippen LogP contribution in [0.25, 0.3) is 11.3 Å². The molecule has 2 fully saturated rings. The molecule has 0 saturated carbocycles. The summed E-state index contributed by atoms with van der Waals surface area (Å²) in [4.78, 5) is 7.86. The van der Waals surface area contributed by atoms with Crippen molar-refractivity contribution >= 4 is 0 Å². The lowest BCUT2D eigenvalue weighted by molar-refractivity contribution is 0.0247. The molecule has 0 N–H and O–H groups in total. The zero-order valence-corrected chi connectivity index (χ0v) is 23.0. The lowest BCUT2D eigenvalue weighted by Crippen LogP contribution is -2.33. The van der Waals surface area contributed by atoms with Crippen molar-refractivity contribution in [2.24, 2.45) is 11.3 Å². The molecule has 2 aliphatic rings. The monoisotopic (exact) mass is 478 g/mol. The Morgan fingerprint density at radius 3 is 2.43 bits per heavy atom. The molecule has 1 aromatic carbocycles. The number of aryl methyl sites for hydroxylation is 3. The first-order chi connectivity index (χ1) is 16.8. The van der Waals surface area contributed by atoms with Crippen LogP contribution in [0, 0.1) is 18.3 Å². The van der Waals surface area contributed by atoms with E-state index in [4.69, 9.17) is 14.5 Å². The minimum atomic E-state index is 0.213. The fraction of sp³-hybridized carbons (Fsp3) is 0.645. The maximum atomic E-state index is 6.78. The maximum absolute atomic E-state index is 6.78. The van der Waals surface area contributed by atoms with Crippen LogP contribution in [-0.4, -0.2) is 42.3 Å². The van der Waals surface area contributed by atoms with Crippen molar-refractivity contribution < 1.29 is 9.47 Å².